The Kier molecular flexibility index (Phi) is 6.28. The molecule has 0 spiro atoms. The van der Waals surface area contributed by atoms with E-state index in [0.29, 0.717) is 18.1 Å². The number of hydrogen-bond donors (Lipinski definition) is 1. The Morgan fingerprint density at radius 2 is 1.75 bits per heavy atom. The Hall–Kier alpha value is -3.58. The number of fused-ring (bicyclic) bond motifs is 1. The van der Waals surface area contributed by atoms with E-state index in [1.165, 1.54) is 0 Å². The van der Waals surface area contributed by atoms with Crippen molar-refractivity contribution in [3.05, 3.63) is 70.7 Å². The van der Waals surface area contributed by atoms with Crippen LogP contribution in [0.4, 0.5) is 0 Å². The molecule has 1 N–H and O–H groups in total. The molecule has 0 aliphatic heterocycles. The summed E-state index contributed by atoms with van der Waals surface area (Å²) in [6, 6.07) is 17.5. The van der Waals surface area contributed by atoms with Gasteiger partial charge in [0.25, 0.3) is 0 Å². The number of carboxylic acid groups (broad SMARTS) is 1. The molecule has 3 aromatic carbocycles. The monoisotopic (exact) mass is 449 g/mol. The van der Waals surface area contributed by atoms with Crippen molar-refractivity contribution in [1.82, 2.24) is 4.98 Å². The Morgan fingerprint density at radius 1 is 1.00 bits per heavy atom. The molecular weight excluding hydrogens is 426 g/mol. The number of hydrogen-bond acceptors (Lipinski definition) is 6. The van der Waals surface area contributed by atoms with Gasteiger partial charge in [-0.3, -0.25) is 0 Å². The minimum Gasteiger partial charge on any atom is -0.496 e. The zero-order valence-electron chi connectivity index (χ0n) is 18.0. The van der Waals surface area contributed by atoms with Crippen LogP contribution in [0.25, 0.3) is 21.3 Å². The second-order valence-electron chi connectivity index (χ2n) is 7.29. The van der Waals surface area contributed by atoms with Crippen molar-refractivity contribution >= 4 is 28.1 Å². The number of nitrogens with zero attached hydrogens (tertiary/aromatic N) is 1. The lowest BCUT2D eigenvalue weighted by Gasteiger charge is -2.10. The zero-order valence-corrected chi connectivity index (χ0v) is 18.9. The van der Waals surface area contributed by atoms with E-state index in [4.69, 9.17) is 24.3 Å². The number of aryl methyl sites for hydroxylation is 2. The highest BCUT2D eigenvalue weighted by Crippen LogP contribution is 2.37. The Bertz CT molecular complexity index is 1280. The van der Waals surface area contributed by atoms with Crippen molar-refractivity contribution in [3.63, 3.8) is 0 Å². The van der Waals surface area contributed by atoms with Crippen molar-refractivity contribution in [2.75, 3.05) is 13.7 Å². The van der Waals surface area contributed by atoms with E-state index in [1.807, 2.05) is 50.2 Å². The molecule has 32 heavy (non-hydrogen) atoms. The molecule has 0 saturated carbocycles. The molecular formula is C25H23NO5S. The van der Waals surface area contributed by atoms with Crippen molar-refractivity contribution < 1.29 is 24.1 Å². The van der Waals surface area contributed by atoms with E-state index in [9.17, 15) is 4.79 Å². The van der Waals surface area contributed by atoms with Gasteiger partial charge in [-0.25, -0.2) is 9.78 Å². The number of methoxy groups -OCH3 is 1. The van der Waals surface area contributed by atoms with Crippen LogP contribution in [0, 0.1) is 13.8 Å². The van der Waals surface area contributed by atoms with E-state index in [1.54, 1.807) is 30.6 Å². The summed E-state index contributed by atoms with van der Waals surface area (Å²) in [5.74, 6) is 1.05. The number of ether oxygens (including phenoxy) is 3. The third-order valence-electron chi connectivity index (χ3n) is 5.09. The van der Waals surface area contributed by atoms with Crippen LogP contribution in [0.15, 0.2) is 54.6 Å². The lowest BCUT2D eigenvalue weighted by molar-refractivity contribution is -0.139. The number of carbonyl (C=O) groups is 1. The van der Waals surface area contributed by atoms with E-state index in [2.05, 4.69) is 6.07 Å². The van der Waals surface area contributed by atoms with Gasteiger partial charge < -0.3 is 19.3 Å². The molecule has 6 nitrogen and oxygen atoms in total. The smallest absolute Gasteiger partial charge is 0.341 e. The number of thiazole rings is 1. The summed E-state index contributed by atoms with van der Waals surface area (Å²) in [5, 5.41) is 11.9. The number of benzene rings is 3. The van der Waals surface area contributed by atoms with Crippen molar-refractivity contribution in [2.24, 2.45) is 0 Å². The van der Waals surface area contributed by atoms with Crippen molar-refractivity contribution in [1.29, 1.82) is 0 Å². The van der Waals surface area contributed by atoms with E-state index < -0.39 is 5.97 Å². The molecule has 0 saturated heterocycles. The van der Waals surface area contributed by atoms with Crippen LogP contribution >= 0.6 is 11.3 Å². The molecule has 0 atom stereocenters. The maximum atomic E-state index is 10.7. The maximum absolute atomic E-state index is 10.7. The van der Waals surface area contributed by atoms with Crippen LogP contribution in [0.1, 0.15) is 16.1 Å². The van der Waals surface area contributed by atoms with Crippen LogP contribution in [0.3, 0.4) is 0 Å². The van der Waals surface area contributed by atoms with E-state index >= 15 is 0 Å². The predicted octanol–water partition coefficient (Wildman–Crippen LogP) is 5.63. The maximum Gasteiger partial charge on any atom is 0.341 e. The Morgan fingerprint density at radius 3 is 2.47 bits per heavy atom. The molecule has 1 heterocycles. The first-order valence-electron chi connectivity index (χ1n) is 10.1. The van der Waals surface area contributed by atoms with E-state index in [-0.39, 0.29) is 6.61 Å². The number of aliphatic carboxylic acids is 1. The number of carboxylic acids is 1. The van der Waals surface area contributed by atoms with Gasteiger partial charge >= 0.3 is 5.97 Å². The normalized spacial score (nSPS) is 10.8. The minimum atomic E-state index is -1.01. The predicted molar refractivity (Wildman–Crippen MR) is 125 cm³/mol. The highest BCUT2D eigenvalue weighted by Gasteiger charge is 2.14. The molecule has 1 aromatic heterocycles. The molecule has 0 bridgehead atoms. The van der Waals surface area contributed by atoms with Crippen molar-refractivity contribution in [3.8, 4) is 27.8 Å². The lowest BCUT2D eigenvalue weighted by atomic mass is 10.0. The zero-order chi connectivity index (χ0) is 22.7. The molecule has 0 unspecified atom stereocenters. The summed E-state index contributed by atoms with van der Waals surface area (Å²) in [5.41, 5.74) is 2.81. The Balaban J connectivity index is 1.54. The highest BCUT2D eigenvalue weighted by molar-refractivity contribution is 7.15. The van der Waals surface area contributed by atoms with Gasteiger partial charge in [-0.15, -0.1) is 11.3 Å². The molecule has 4 rings (SSSR count). The third kappa shape index (κ3) is 4.53. The summed E-state index contributed by atoms with van der Waals surface area (Å²) < 4.78 is 16.8. The molecule has 0 aliphatic carbocycles. The standard InChI is InChI=1S/C25H23NO5S/c1-15-12-17(8-10-21(15)31-14-24(27)28)30-13-23-16(2)26-25(32-23)20-9-11-22(29-3)19-7-5-4-6-18(19)20/h4-12H,13-14H2,1-3H3,(H,27,28). The Labute approximate surface area is 190 Å². The average molecular weight is 450 g/mol. The van der Waals surface area contributed by atoms with Crippen LogP contribution in [-0.2, 0) is 11.4 Å². The van der Waals surface area contributed by atoms with Crippen LogP contribution in [0.2, 0.25) is 0 Å². The first-order valence-corrected chi connectivity index (χ1v) is 10.9. The second kappa shape index (κ2) is 9.28. The molecule has 0 aliphatic rings. The van der Waals surface area contributed by atoms with Gasteiger partial charge in [-0.05, 0) is 55.1 Å². The lowest BCUT2D eigenvalue weighted by Crippen LogP contribution is -2.10. The van der Waals surface area contributed by atoms with Crippen LogP contribution < -0.4 is 14.2 Å². The van der Waals surface area contributed by atoms with Crippen LogP contribution in [-0.4, -0.2) is 29.8 Å². The molecule has 0 amide bonds. The molecule has 0 radical (unpaired) electrons. The van der Waals surface area contributed by atoms with Gasteiger partial charge in [0.1, 0.15) is 28.9 Å². The minimum absolute atomic E-state index is 0.371. The fourth-order valence-electron chi connectivity index (χ4n) is 3.48. The van der Waals surface area contributed by atoms with Gasteiger partial charge in [0.15, 0.2) is 6.61 Å². The van der Waals surface area contributed by atoms with Crippen LogP contribution in [0.5, 0.6) is 17.2 Å². The van der Waals surface area contributed by atoms with Gasteiger partial charge in [0, 0.05) is 10.9 Å². The molecule has 164 valence electrons. The summed E-state index contributed by atoms with van der Waals surface area (Å²) in [6.45, 7) is 3.86. The first-order chi connectivity index (χ1) is 15.5. The number of aromatic nitrogens is 1. The average Bonchev–Trinajstić information content (AvgIpc) is 3.16. The van der Waals surface area contributed by atoms with Gasteiger partial charge in [0.05, 0.1) is 17.7 Å². The molecule has 0 fully saturated rings. The molecule has 7 heteroatoms. The van der Waals surface area contributed by atoms with Gasteiger partial charge in [0.2, 0.25) is 0 Å². The first kappa shape index (κ1) is 21.6. The fourth-order valence-corrected chi connectivity index (χ4v) is 4.49. The van der Waals surface area contributed by atoms with E-state index in [0.717, 1.165) is 43.2 Å². The second-order valence-corrected chi connectivity index (χ2v) is 8.37. The van der Waals surface area contributed by atoms with Crippen molar-refractivity contribution in [2.45, 2.75) is 20.5 Å². The summed E-state index contributed by atoms with van der Waals surface area (Å²) >= 11 is 1.61. The summed E-state index contributed by atoms with van der Waals surface area (Å²) in [7, 11) is 1.68. The SMILES string of the molecule is COc1ccc(-c2nc(C)c(COc3ccc(OCC(=O)O)c(C)c3)s2)c2ccccc12. The third-order valence-corrected chi connectivity index (χ3v) is 6.26. The quantitative estimate of drug-likeness (QED) is 0.376. The largest absolute Gasteiger partial charge is 0.496 e. The van der Waals surface area contributed by atoms with Gasteiger partial charge in [-0.2, -0.15) is 0 Å². The summed E-state index contributed by atoms with van der Waals surface area (Å²) in [6.07, 6.45) is 0. The molecule has 4 aromatic rings. The number of rotatable bonds is 8. The van der Waals surface area contributed by atoms with Gasteiger partial charge in [-0.1, -0.05) is 24.3 Å². The fraction of sp³-hybridized carbons (Fsp3) is 0.200. The topological polar surface area (TPSA) is 77.9 Å². The highest BCUT2D eigenvalue weighted by atomic mass is 32.1. The summed E-state index contributed by atoms with van der Waals surface area (Å²) in [4.78, 5) is 16.5.